The van der Waals surface area contributed by atoms with Crippen molar-refractivity contribution in [3.05, 3.63) is 22.4 Å². The van der Waals surface area contributed by atoms with E-state index in [9.17, 15) is 12.8 Å². The molecular weight excluding hydrogens is 343 g/mol. The Morgan fingerprint density at radius 3 is 2.72 bits per heavy atom. The topological polar surface area (TPSA) is 72.2 Å². The molecular formula is C10H14BrFN2O2S2. The molecule has 8 heteroatoms. The molecule has 0 bridgehead atoms. The van der Waals surface area contributed by atoms with E-state index in [1.165, 1.54) is 17.8 Å². The molecule has 1 rings (SSSR count). The minimum atomic E-state index is -3.74. The number of anilines is 1. The zero-order chi connectivity index (χ0) is 13.9. The molecule has 3 N–H and O–H groups in total. The third kappa shape index (κ3) is 3.84. The van der Waals surface area contributed by atoms with Gasteiger partial charge in [-0.05, 0) is 41.2 Å². The Morgan fingerprint density at radius 2 is 2.17 bits per heavy atom. The number of nitrogens with one attached hydrogen (secondary N) is 1. The largest absolute Gasteiger partial charge is 0.398 e. The minimum absolute atomic E-state index is 0.0644. The lowest BCUT2D eigenvalue weighted by molar-refractivity contribution is 0.570. The van der Waals surface area contributed by atoms with Crippen molar-refractivity contribution in [1.82, 2.24) is 4.72 Å². The highest BCUT2D eigenvalue weighted by Gasteiger charge is 2.21. The maximum absolute atomic E-state index is 13.2. The number of hydrogen-bond acceptors (Lipinski definition) is 4. The summed E-state index contributed by atoms with van der Waals surface area (Å²) in [5, 5.41) is 0. The lowest BCUT2D eigenvalue weighted by Crippen LogP contribution is -2.34. The second kappa shape index (κ2) is 6.23. The zero-order valence-corrected chi connectivity index (χ0v) is 13.1. The first-order valence-electron chi connectivity index (χ1n) is 5.03. The Balaban J connectivity index is 3.09. The average molecular weight is 357 g/mol. The van der Waals surface area contributed by atoms with Crippen LogP contribution in [0, 0.1) is 5.82 Å². The van der Waals surface area contributed by atoms with Crippen molar-refractivity contribution in [3.63, 3.8) is 0 Å². The van der Waals surface area contributed by atoms with Crippen LogP contribution in [-0.2, 0) is 10.0 Å². The Bertz CT molecular complexity index is 537. The van der Waals surface area contributed by atoms with Gasteiger partial charge in [-0.2, -0.15) is 11.8 Å². The standard InChI is InChI=1S/C10H14BrFN2O2S2/c1-6(5-17-2)14-18(15,16)10-3-7(11)8(12)4-9(10)13/h3-4,6,14H,5,13H2,1-2H3. The first-order chi connectivity index (χ1) is 8.27. The molecule has 0 spiro atoms. The van der Waals surface area contributed by atoms with Crippen molar-refractivity contribution in [2.75, 3.05) is 17.7 Å². The molecule has 0 radical (unpaired) electrons. The van der Waals surface area contributed by atoms with Gasteiger partial charge in [-0.25, -0.2) is 17.5 Å². The number of rotatable bonds is 5. The third-order valence-electron chi connectivity index (χ3n) is 2.12. The van der Waals surface area contributed by atoms with E-state index in [2.05, 4.69) is 20.7 Å². The molecule has 0 aromatic heterocycles. The average Bonchev–Trinajstić information content (AvgIpc) is 2.22. The van der Waals surface area contributed by atoms with Gasteiger partial charge in [0.15, 0.2) is 0 Å². The van der Waals surface area contributed by atoms with Gasteiger partial charge in [-0.1, -0.05) is 0 Å². The number of sulfonamides is 1. The number of benzene rings is 1. The van der Waals surface area contributed by atoms with Gasteiger partial charge in [-0.15, -0.1) is 0 Å². The summed E-state index contributed by atoms with van der Waals surface area (Å²) >= 11 is 4.47. The van der Waals surface area contributed by atoms with Crippen molar-refractivity contribution >= 4 is 43.4 Å². The quantitative estimate of drug-likeness (QED) is 0.793. The van der Waals surface area contributed by atoms with Gasteiger partial charge in [0.2, 0.25) is 10.0 Å². The molecule has 1 aromatic carbocycles. The number of halogens is 2. The van der Waals surface area contributed by atoms with Gasteiger partial charge >= 0.3 is 0 Å². The first-order valence-corrected chi connectivity index (χ1v) is 8.70. The summed E-state index contributed by atoms with van der Waals surface area (Å²) in [5.41, 5.74) is 5.43. The van der Waals surface area contributed by atoms with Crippen LogP contribution in [0.2, 0.25) is 0 Å². The van der Waals surface area contributed by atoms with Crippen molar-refractivity contribution in [2.24, 2.45) is 0 Å². The summed E-state index contributed by atoms with van der Waals surface area (Å²) < 4.78 is 39.9. The van der Waals surface area contributed by atoms with E-state index in [0.717, 1.165) is 6.07 Å². The van der Waals surface area contributed by atoms with Crippen LogP contribution in [0.25, 0.3) is 0 Å². The van der Waals surface area contributed by atoms with E-state index < -0.39 is 15.8 Å². The fourth-order valence-corrected chi connectivity index (χ4v) is 3.96. The van der Waals surface area contributed by atoms with E-state index in [1.54, 1.807) is 6.92 Å². The van der Waals surface area contributed by atoms with Crippen LogP contribution < -0.4 is 10.5 Å². The maximum Gasteiger partial charge on any atom is 0.242 e. The van der Waals surface area contributed by atoms with E-state index >= 15 is 0 Å². The van der Waals surface area contributed by atoms with Gasteiger partial charge in [-0.3, -0.25) is 0 Å². The molecule has 0 aliphatic rings. The van der Waals surface area contributed by atoms with Crippen molar-refractivity contribution in [1.29, 1.82) is 0 Å². The first kappa shape index (κ1) is 15.7. The van der Waals surface area contributed by atoms with Crippen LogP contribution in [0.4, 0.5) is 10.1 Å². The smallest absolute Gasteiger partial charge is 0.242 e. The Morgan fingerprint density at radius 1 is 1.56 bits per heavy atom. The highest BCUT2D eigenvalue weighted by atomic mass is 79.9. The Labute approximate surface area is 119 Å². The maximum atomic E-state index is 13.2. The number of nitrogens with two attached hydrogens (primary N) is 1. The number of hydrogen-bond donors (Lipinski definition) is 2. The summed E-state index contributed by atoms with van der Waals surface area (Å²) in [6.45, 7) is 1.75. The normalized spacial score (nSPS) is 13.6. The lowest BCUT2D eigenvalue weighted by Gasteiger charge is -2.14. The summed E-state index contributed by atoms with van der Waals surface area (Å²) in [5.74, 6) is 0.0465. The molecule has 0 aliphatic heterocycles. The fourth-order valence-electron chi connectivity index (χ4n) is 1.39. The molecule has 0 saturated carbocycles. The van der Waals surface area contributed by atoms with Crippen LogP contribution in [0.15, 0.2) is 21.5 Å². The summed E-state index contributed by atoms with van der Waals surface area (Å²) in [7, 11) is -3.74. The van der Waals surface area contributed by atoms with E-state index in [4.69, 9.17) is 5.73 Å². The van der Waals surface area contributed by atoms with Crippen LogP contribution in [0.1, 0.15) is 6.92 Å². The molecule has 0 amide bonds. The van der Waals surface area contributed by atoms with Gasteiger partial charge in [0.05, 0.1) is 10.2 Å². The molecule has 0 saturated heterocycles. The predicted octanol–water partition coefficient (Wildman–Crippen LogP) is 2.20. The SMILES string of the molecule is CSCC(C)NS(=O)(=O)c1cc(Br)c(F)cc1N. The predicted molar refractivity (Wildman–Crippen MR) is 76.7 cm³/mol. The van der Waals surface area contributed by atoms with E-state index in [-0.39, 0.29) is 21.1 Å². The van der Waals surface area contributed by atoms with Crippen molar-refractivity contribution in [3.8, 4) is 0 Å². The Kier molecular flexibility index (Phi) is 5.45. The molecule has 102 valence electrons. The summed E-state index contributed by atoms with van der Waals surface area (Å²) in [4.78, 5) is -0.122. The zero-order valence-electron chi connectivity index (χ0n) is 9.91. The molecule has 4 nitrogen and oxygen atoms in total. The second-order valence-corrected chi connectivity index (χ2v) is 7.23. The molecule has 0 heterocycles. The van der Waals surface area contributed by atoms with Crippen LogP contribution in [0.3, 0.4) is 0 Å². The molecule has 1 unspecified atom stereocenters. The van der Waals surface area contributed by atoms with Crippen LogP contribution >= 0.6 is 27.7 Å². The fraction of sp³-hybridized carbons (Fsp3) is 0.400. The van der Waals surface area contributed by atoms with Crippen molar-refractivity contribution in [2.45, 2.75) is 17.9 Å². The Hall–Kier alpha value is -0.310. The number of nitrogen functional groups attached to an aromatic ring is 1. The van der Waals surface area contributed by atoms with E-state index in [0.29, 0.717) is 5.75 Å². The summed E-state index contributed by atoms with van der Waals surface area (Å²) in [6, 6.07) is 1.92. The second-order valence-electron chi connectivity index (χ2n) is 3.78. The van der Waals surface area contributed by atoms with Crippen LogP contribution in [-0.4, -0.2) is 26.5 Å². The van der Waals surface area contributed by atoms with Crippen molar-refractivity contribution < 1.29 is 12.8 Å². The van der Waals surface area contributed by atoms with Gasteiger partial charge in [0.25, 0.3) is 0 Å². The molecule has 0 aliphatic carbocycles. The third-order valence-corrected chi connectivity index (χ3v) is 5.20. The van der Waals surface area contributed by atoms with E-state index in [1.807, 2.05) is 6.26 Å². The molecule has 1 atom stereocenters. The monoisotopic (exact) mass is 356 g/mol. The van der Waals surface area contributed by atoms with Gasteiger partial charge in [0, 0.05) is 11.8 Å². The number of thioether (sulfide) groups is 1. The van der Waals surface area contributed by atoms with Gasteiger partial charge in [0.1, 0.15) is 10.7 Å². The highest BCUT2D eigenvalue weighted by Crippen LogP contribution is 2.26. The highest BCUT2D eigenvalue weighted by molar-refractivity contribution is 9.10. The van der Waals surface area contributed by atoms with Gasteiger partial charge < -0.3 is 5.73 Å². The van der Waals surface area contributed by atoms with Crippen LogP contribution in [0.5, 0.6) is 0 Å². The summed E-state index contributed by atoms with van der Waals surface area (Å²) in [6.07, 6.45) is 1.88. The molecule has 18 heavy (non-hydrogen) atoms. The molecule has 0 fully saturated rings. The minimum Gasteiger partial charge on any atom is -0.398 e. The molecule has 1 aromatic rings. The lowest BCUT2D eigenvalue weighted by atomic mass is 10.3.